The maximum absolute atomic E-state index is 4.95. The largest absolute Gasteiger partial charge is 0.314 e. The van der Waals surface area contributed by atoms with Crippen molar-refractivity contribution < 1.29 is 0 Å². The molecule has 0 aliphatic carbocycles. The quantitative estimate of drug-likeness (QED) is 0.945. The number of nitrogens with zero attached hydrogens (tertiary/aromatic N) is 4. The molecule has 4 heterocycles. The Balaban J connectivity index is 1.68. The van der Waals surface area contributed by atoms with Crippen LogP contribution in [0.3, 0.4) is 0 Å². The van der Waals surface area contributed by atoms with Gasteiger partial charge < -0.3 is 14.8 Å². The summed E-state index contributed by atoms with van der Waals surface area (Å²) in [7, 11) is 2.22. The highest BCUT2D eigenvalue weighted by molar-refractivity contribution is 5.71. The summed E-state index contributed by atoms with van der Waals surface area (Å²) in [5.74, 6) is 1.22. The first kappa shape index (κ1) is 15.1. The van der Waals surface area contributed by atoms with Crippen LogP contribution in [0.15, 0.2) is 18.3 Å². The Hall–Kier alpha value is -1.46. The van der Waals surface area contributed by atoms with Crippen LogP contribution in [0.4, 0.5) is 0 Å². The summed E-state index contributed by atoms with van der Waals surface area (Å²) in [6, 6.07) is 5.17. The van der Waals surface area contributed by atoms with E-state index >= 15 is 0 Å². The van der Waals surface area contributed by atoms with Gasteiger partial charge >= 0.3 is 0 Å². The molecule has 0 radical (unpaired) electrons. The third kappa shape index (κ3) is 3.12. The molecule has 2 aliphatic rings. The van der Waals surface area contributed by atoms with E-state index in [0.717, 1.165) is 30.7 Å². The summed E-state index contributed by atoms with van der Waals surface area (Å²) in [5.41, 5.74) is 2.12. The molecule has 0 bridgehead atoms. The van der Waals surface area contributed by atoms with Gasteiger partial charge in [-0.3, -0.25) is 0 Å². The molecule has 2 aromatic heterocycles. The molecule has 0 saturated carbocycles. The van der Waals surface area contributed by atoms with Crippen molar-refractivity contribution in [3.63, 3.8) is 0 Å². The molecule has 2 aromatic rings. The Bertz CT molecular complexity index is 658. The zero-order valence-corrected chi connectivity index (χ0v) is 14.0. The van der Waals surface area contributed by atoms with Crippen molar-refractivity contribution in [2.75, 3.05) is 26.7 Å². The molecule has 2 atom stereocenters. The van der Waals surface area contributed by atoms with Crippen LogP contribution < -0.4 is 5.32 Å². The predicted octanol–water partition coefficient (Wildman–Crippen LogP) is 2.38. The molecular weight excluding hydrogens is 286 g/mol. The van der Waals surface area contributed by atoms with Gasteiger partial charge in [0.25, 0.3) is 0 Å². The van der Waals surface area contributed by atoms with Gasteiger partial charge in [-0.15, -0.1) is 0 Å². The third-order valence-electron chi connectivity index (χ3n) is 5.33. The number of fused-ring (bicyclic) bond motifs is 1. The van der Waals surface area contributed by atoms with E-state index in [9.17, 15) is 0 Å². The number of nitrogens with one attached hydrogen (secondary N) is 1. The standard InChI is InChI=1S/C18H27N5/c1-22-11-5-7-15(13-22)23-17(12-14-6-2-3-9-19-14)21-16-8-4-10-20-18(16)23/h4,8,10,14-15,19H,2-3,5-7,9,11-13H2,1H3. The number of piperidine rings is 2. The molecule has 2 fully saturated rings. The van der Waals surface area contributed by atoms with Crippen molar-refractivity contribution >= 4 is 11.2 Å². The Kier molecular flexibility index (Phi) is 4.31. The maximum atomic E-state index is 4.95. The molecule has 0 amide bonds. The molecule has 2 aliphatic heterocycles. The minimum Gasteiger partial charge on any atom is -0.314 e. The fourth-order valence-corrected chi connectivity index (χ4v) is 4.17. The van der Waals surface area contributed by atoms with Gasteiger partial charge in [-0.05, 0) is 58.0 Å². The van der Waals surface area contributed by atoms with E-state index in [1.807, 2.05) is 12.3 Å². The minimum absolute atomic E-state index is 0.507. The van der Waals surface area contributed by atoms with E-state index in [4.69, 9.17) is 4.98 Å². The zero-order chi connectivity index (χ0) is 15.6. The van der Waals surface area contributed by atoms with Gasteiger partial charge in [0, 0.05) is 31.2 Å². The van der Waals surface area contributed by atoms with E-state index in [2.05, 4.69) is 32.9 Å². The molecule has 5 nitrogen and oxygen atoms in total. The summed E-state index contributed by atoms with van der Waals surface area (Å²) in [5, 5.41) is 3.67. The number of likely N-dealkylation sites (tertiary alicyclic amines) is 1. The first-order valence-electron chi connectivity index (χ1n) is 9.05. The number of likely N-dealkylation sites (N-methyl/N-ethyl adjacent to an activating group) is 1. The number of pyridine rings is 1. The van der Waals surface area contributed by atoms with Crippen molar-refractivity contribution in [1.29, 1.82) is 0 Å². The molecule has 5 heteroatoms. The lowest BCUT2D eigenvalue weighted by molar-refractivity contribution is 0.211. The smallest absolute Gasteiger partial charge is 0.160 e. The van der Waals surface area contributed by atoms with Crippen LogP contribution in [0.25, 0.3) is 11.2 Å². The summed E-state index contributed by atoms with van der Waals surface area (Å²) in [6.45, 7) is 3.46. The molecule has 124 valence electrons. The first-order chi connectivity index (χ1) is 11.3. The summed E-state index contributed by atoms with van der Waals surface area (Å²) >= 11 is 0. The average molecular weight is 313 g/mol. The number of hydrogen-bond donors (Lipinski definition) is 1. The Labute approximate surface area is 138 Å². The van der Waals surface area contributed by atoms with Crippen molar-refractivity contribution in [2.24, 2.45) is 0 Å². The highest BCUT2D eigenvalue weighted by Crippen LogP contribution is 2.27. The predicted molar refractivity (Wildman–Crippen MR) is 92.6 cm³/mol. The monoisotopic (exact) mass is 313 g/mol. The van der Waals surface area contributed by atoms with E-state index < -0.39 is 0 Å². The molecule has 2 saturated heterocycles. The number of rotatable bonds is 3. The van der Waals surface area contributed by atoms with E-state index in [0.29, 0.717) is 12.1 Å². The van der Waals surface area contributed by atoms with E-state index in [1.165, 1.54) is 44.5 Å². The van der Waals surface area contributed by atoms with Crippen LogP contribution in [0.5, 0.6) is 0 Å². The van der Waals surface area contributed by atoms with Crippen LogP contribution in [-0.4, -0.2) is 52.2 Å². The van der Waals surface area contributed by atoms with Gasteiger partial charge in [-0.1, -0.05) is 6.42 Å². The fourth-order valence-electron chi connectivity index (χ4n) is 4.17. The lowest BCUT2D eigenvalue weighted by atomic mass is 10.0. The fraction of sp³-hybridized carbons (Fsp3) is 0.667. The molecular formula is C18H27N5. The van der Waals surface area contributed by atoms with Crippen LogP contribution in [0.1, 0.15) is 44.0 Å². The van der Waals surface area contributed by atoms with Gasteiger partial charge in [0.1, 0.15) is 11.3 Å². The molecule has 23 heavy (non-hydrogen) atoms. The van der Waals surface area contributed by atoms with Crippen molar-refractivity contribution in [2.45, 2.75) is 50.6 Å². The van der Waals surface area contributed by atoms with Gasteiger partial charge in [0.2, 0.25) is 0 Å². The summed E-state index contributed by atoms with van der Waals surface area (Å²) in [4.78, 5) is 12.0. The van der Waals surface area contributed by atoms with E-state index in [1.54, 1.807) is 0 Å². The highest BCUT2D eigenvalue weighted by Gasteiger charge is 2.25. The van der Waals surface area contributed by atoms with Crippen LogP contribution in [0.2, 0.25) is 0 Å². The lowest BCUT2D eigenvalue weighted by Crippen LogP contribution is -2.38. The number of aromatic nitrogens is 3. The van der Waals surface area contributed by atoms with Gasteiger partial charge in [-0.25, -0.2) is 9.97 Å². The minimum atomic E-state index is 0.507. The Morgan fingerprint density at radius 1 is 1.26 bits per heavy atom. The topological polar surface area (TPSA) is 46.0 Å². The van der Waals surface area contributed by atoms with Crippen molar-refractivity contribution in [3.05, 3.63) is 24.2 Å². The van der Waals surface area contributed by atoms with Crippen LogP contribution >= 0.6 is 0 Å². The molecule has 1 N–H and O–H groups in total. The average Bonchev–Trinajstić information content (AvgIpc) is 2.93. The van der Waals surface area contributed by atoms with E-state index in [-0.39, 0.29) is 0 Å². The third-order valence-corrected chi connectivity index (χ3v) is 5.33. The Morgan fingerprint density at radius 2 is 2.22 bits per heavy atom. The van der Waals surface area contributed by atoms with Crippen molar-refractivity contribution in [3.8, 4) is 0 Å². The van der Waals surface area contributed by atoms with Gasteiger partial charge in [0.15, 0.2) is 5.65 Å². The molecule has 0 spiro atoms. The van der Waals surface area contributed by atoms with Gasteiger partial charge in [0.05, 0.1) is 0 Å². The highest BCUT2D eigenvalue weighted by atomic mass is 15.2. The lowest BCUT2D eigenvalue weighted by Gasteiger charge is -2.32. The molecule has 0 aromatic carbocycles. The summed E-state index contributed by atoms with van der Waals surface area (Å²) in [6.07, 6.45) is 9.32. The second-order valence-electron chi connectivity index (χ2n) is 7.15. The SMILES string of the molecule is CN1CCCC(n2c(CC3CCCCN3)nc3cccnc32)C1. The number of hydrogen-bond acceptors (Lipinski definition) is 4. The molecule has 4 rings (SSSR count). The van der Waals surface area contributed by atoms with Crippen molar-refractivity contribution in [1.82, 2.24) is 24.8 Å². The zero-order valence-electron chi connectivity index (χ0n) is 14.0. The normalized spacial score (nSPS) is 26.7. The summed E-state index contributed by atoms with van der Waals surface area (Å²) < 4.78 is 2.45. The van der Waals surface area contributed by atoms with Crippen LogP contribution in [-0.2, 0) is 6.42 Å². The van der Waals surface area contributed by atoms with Crippen LogP contribution in [0, 0.1) is 0 Å². The van der Waals surface area contributed by atoms with Gasteiger partial charge in [-0.2, -0.15) is 0 Å². The molecule has 2 unspecified atom stereocenters. The second kappa shape index (κ2) is 6.57. The number of imidazole rings is 1. The maximum Gasteiger partial charge on any atom is 0.160 e. The Morgan fingerprint density at radius 3 is 3.04 bits per heavy atom. The first-order valence-corrected chi connectivity index (χ1v) is 9.05. The second-order valence-corrected chi connectivity index (χ2v) is 7.15.